The minimum atomic E-state index is -0.469. The Labute approximate surface area is 171 Å². The van der Waals surface area contributed by atoms with E-state index in [4.69, 9.17) is 5.73 Å². The molecule has 29 heavy (non-hydrogen) atoms. The third kappa shape index (κ3) is 4.23. The van der Waals surface area contributed by atoms with E-state index in [1.807, 2.05) is 54.6 Å². The Bertz CT molecular complexity index is 1170. The summed E-state index contributed by atoms with van der Waals surface area (Å²) in [4.78, 5) is 29.2. The minimum absolute atomic E-state index is 0.227. The number of primary amides is 1. The lowest BCUT2D eigenvalue weighted by Crippen LogP contribution is -2.11. The molecule has 0 unspecified atom stereocenters. The number of nitrogens with zero attached hydrogens (tertiary/aromatic N) is 1. The van der Waals surface area contributed by atoms with Gasteiger partial charge in [-0.05, 0) is 41.0 Å². The molecule has 5 nitrogen and oxygen atoms in total. The van der Waals surface area contributed by atoms with Crippen molar-refractivity contribution in [3.8, 4) is 21.6 Å². The van der Waals surface area contributed by atoms with Gasteiger partial charge in [0.15, 0.2) is 5.13 Å². The molecule has 0 radical (unpaired) electrons. The van der Waals surface area contributed by atoms with Gasteiger partial charge in [-0.1, -0.05) is 65.9 Å². The van der Waals surface area contributed by atoms with Crippen molar-refractivity contribution in [3.63, 3.8) is 0 Å². The lowest BCUT2D eigenvalue weighted by atomic mass is 10.0. The summed E-state index contributed by atoms with van der Waals surface area (Å²) in [5, 5.41) is 3.40. The number of thiazole rings is 1. The van der Waals surface area contributed by atoms with E-state index < -0.39 is 5.91 Å². The molecule has 142 valence electrons. The molecule has 1 heterocycles. The van der Waals surface area contributed by atoms with E-state index in [-0.39, 0.29) is 5.91 Å². The number of hydrogen-bond donors (Lipinski definition) is 2. The quantitative estimate of drug-likeness (QED) is 0.504. The molecule has 0 atom stereocenters. The summed E-state index contributed by atoms with van der Waals surface area (Å²) >= 11 is 1.43. The van der Waals surface area contributed by atoms with Crippen molar-refractivity contribution in [2.45, 2.75) is 0 Å². The predicted molar refractivity (Wildman–Crippen MR) is 116 cm³/mol. The third-order valence-corrected chi connectivity index (χ3v) is 5.37. The van der Waals surface area contributed by atoms with Crippen LogP contribution in [0.15, 0.2) is 85.1 Å². The second-order valence-corrected chi connectivity index (χ2v) is 7.40. The van der Waals surface area contributed by atoms with E-state index in [0.29, 0.717) is 16.3 Å². The zero-order chi connectivity index (χ0) is 20.2. The molecule has 3 N–H and O–H groups in total. The van der Waals surface area contributed by atoms with Crippen molar-refractivity contribution < 1.29 is 9.59 Å². The second kappa shape index (κ2) is 8.08. The van der Waals surface area contributed by atoms with E-state index in [2.05, 4.69) is 10.3 Å². The summed E-state index contributed by atoms with van der Waals surface area (Å²) in [6.45, 7) is 0. The van der Waals surface area contributed by atoms with Crippen LogP contribution < -0.4 is 11.1 Å². The van der Waals surface area contributed by atoms with Crippen molar-refractivity contribution in [2.75, 3.05) is 5.32 Å². The Kier molecular flexibility index (Phi) is 5.18. The Hall–Kier alpha value is -3.77. The first-order valence-corrected chi connectivity index (χ1v) is 9.75. The maximum absolute atomic E-state index is 12.7. The van der Waals surface area contributed by atoms with Gasteiger partial charge in [0, 0.05) is 17.3 Å². The fourth-order valence-corrected chi connectivity index (χ4v) is 3.72. The van der Waals surface area contributed by atoms with Crippen LogP contribution in [-0.2, 0) is 0 Å². The Morgan fingerprint density at radius 2 is 1.52 bits per heavy atom. The average Bonchev–Trinajstić information content (AvgIpc) is 3.23. The van der Waals surface area contributed by atoms with Crippen molar-refractivity contribution >= 4 is 28.3 Å². The summed E-state index contributed by atoms with van der Waals surface area (Å²) in [5.41, 5.74) is 9.08. The fourth-order valence-electron chi connectivity index (χ4n) is 2.90. The molecule has 0 saturated carbocycles. The summed E-state index contributed by atoms with van der Waals surface area (Å²) in [7, 11) is 0. The molecule has 0 fully saturated rings. The summed E-state index contributed by atoms with van der Waals surface area (Å²) in [6.07, 6.45) is 1.76. The average molecular weight is 399 g/mol. The molecule has 1 aromatic heterocycles. The highest BCUT2D eigenvalue weighted by Crippen LogP contribution is 2.29. The molecule has 4 rings (SSSR count). The Balaban J connectivity index is 1.52. The predicted octanol–water partition coefficient (Wildman–Crippen LogP) is 4.83. The normalized spacial score (nSPS) is 10.5. The molecule has 3 aromatic carbocycles. The number of nitrogens with two attached hydrogens (primary N) is 1. The van der Waals surface area contributed by atoms with Crippen LogP contribution in [0.5, 0.6) is 0 Å². The van der Waals surface area contributed by atoms with Gasteiger partial charge < -0.3 is 5.73 Å². The van der Waals surface area contributed by atoms with Crippen molar-refractivity contribution in [3.05, 3.63) is 96.2 Å². The van der Waals surface area contributed by atoms with Crippen molar-refractivity contribution in [1.82, 2.24) is 4.98 Å². The van der Waals surface area contributed by atoms with E-state index in [1.54, 1.807) is 30.5 Å². The maximum atomic E-state index is 12.7. The number of rotatable bonds is 5. The number of carbonyl (C=O) groups excluding carboxylic acids is 2. The minimum Gasteiger partial charge on any atom is -0.366 e. The molecule has 4 aromatic rings. The van der Waals surface area contributed by atoms with Crippen molar-refractivity contribution in [1.29, 1.82) is 0 Å². The molecule has 0 aliphatic heterocycles. The number of carbonyl (C=O) groups is 2. The van der Waals surface area contributed by atoms with Gasteiger partial charge in [0.25, 0.3) is 5.91 Å². The van der Waals surface area contributed by atoms with Gasteiger partial charge in [-0.3, -0.25) is 14.9 Å². The fraction of sp³-hybridized carbons (Fsp3) is 0. The number of benzene rings is 3. The maximum Gasteiger partial charge on any atom is 0.257 e. The van der Waals surface area contributed by atoms with Crippen LogP contribution in [0.3, 0.4) is 0 Å². The Morgan fingerprint density at radius 1 is 0.793 bits per heavy atom. The van der Waals surface area contributed by atoms with Crippen LogP contribution in [0, 0.1) is 0 Å². The first kappa shape index (κ1) is 18.6. The number of anilines is 1. The number of hydrogen-bond acceptors (Lipinski definition) is 4. The van der Waals surface area contributed by atoms with E-state index in [1.165, 1.54) is 11.3 Å². The van der Waals surface area contributed by atoms with Crippen LogP contribution in [0.4, 0.5) is 5.13 Å². The van der Waals surface area contributed by atoms with Crippen LogP contribution in [0.1, 0.15) is 20.7 Å². The van der Waals surface area contributed by atoms with Gasteiger partial charge in [0.1, 0.15) is 0 Å². The topological polar surface area (TPSA) is 85.1 Å². The van der Waals surface area contributed by atoms with Crippen LogP contribution in [0.2, 0.25) is 0 Å². The van der Waals surface area contributed by atoms with Gasteiger partial charge in [-0.2, -0.15) is 0 Å². The summed E-state index contributed by atoms with van der Waals surface area (Å²) < 4.78 is 0. The zero-order valence-corrected chi connectivity index (χ0v) is 16.1. The summed E-state index contributed by atoms with van der Waals surface area (Å²) in [5.74, 6) is -0.697. The Morgan fingerprint density at radius 3 is 2.24 bits per heavy atom. The molecule has 2 amide bonds. The number of aromatic nitrogens is 1. The SMILES string of the molecule is NC(=O)c1ccc(-c2cccc(C(=O)Nc3ncc(-c4ccccc4)s3)c2)cc1. The van der Waals surface area contributed by atoms with Gasteiger partial charge >= 0.3 is 0 Å². The standard InChI is InChI=1S/C23H17N3O2S/c24-21(27)17-11-9-15(10-12-17)18-7-4-8-19(13-18)22(28)26-23-25-14-20(29-23)16-5-2-1-3-6-16/h1-14H,(H2,24,27)(H,25,26,28). The molecule has 0 aliphatic carbocycles. The molecule has 0 saturated heterocycles. The third-order valence-electron chi connectivity index (χ3n) is 4.41. The monoisotopic (exact) mass is 399 g/mol. The molecular formula is C23H17N3O2S. The first-order chi connectivity index (χ1) is 14.1. The van der Waals surface area contributed by atoms with Crippen LogP contribution >= 0.6 is 11.3 Å². The van der Waals surface area contributed by atoms with E-state index >= 15 is 0 Å². The van der Waals surface area contributed by atoms with Crippen LogP contribution in [0.25, 0.3) is 21.6 Å². The van der Waals surface area contributed by atoms with Gasteiger partial charge in [0.05, 0.1) is 4.88 Å². The van der Waals surface area contributed by atoms with Crippen LogP contribution in [-0.4, -0.2) is 16.8 Å². The highest BCUT2D eigenvalue weighted by molar-refractivity contribution is 7.19. The molecule has 0 aliphatic rings. The largest absolute Gasteiger partial charge is 0.366 e. The van der Waals surface area contributed by atoms with Gasteiger partial charge in [0.2, 0.25) is 5.91 Å². The van der Waals surface area contributed by atoms with Gasteiger partial charge in [-0.25, -0.2) is 4.98 Å². The van der Waals surface area contributed by atoms with E-state index in [9.17, 15) is 9.59 Å². The lowest BCUT2D eigenvalue weighted by molar-refractivity contribution is 0.0997. The lowest BCUT2D eigenvalue weighted by Gasteiger charge is -2.06. The van der Waals surface area contributed by atoms with Gasteiger partial charge in [-0.15, -0.1) is 0 Å². The molecule has 0 spiro atoms. The highest BCUT2D eigenvalue weighted by atomic mass is 32.1. The molecular weight excluding hydrogens is 382 g/mol. The van der Waals surface area contributed by atoms with Crippen molar-refractivity contribution in [2.24, 2.45) is 5.73 Å². The van der Waals surface area contributed by atoms with E-state index in [0.717, 1.165) is 21.6 Å². The number of nitrogens with one attached hydrogen (secondary N) is 1. The summed E-state index contributed by atoms with van der Waals surface area (Å²) in [6, 6.07) is 24.2. The highest BCUT2D eigenvalue weighted by Gasteiger charge is 2.11. The second-order valence-electron chi connectivity index (χ2n) is 6.37. The first-order valence-electron chi connectivity index (χ1n) is 8.93. The molecule has 0 bridgehead atoms. The smallest absolute Gasteiger partial charge is 0.257 e. The molecule has 6 heteroatoms. The zero-order valence-electron chi connectivity index (χ0n) is 15.3. The number of amides is 2.